The lowest BCUT2D eigenvalue weighted by atomic mass is 9.97. The average molecular weight is 434 g/mol. The molecule has 1 N–H and O–H groups in total. The molecule has 1 atom stereocenters. The van der Waals surface area contributed by atoms with E-state index in [0.29, 0.717) is 38.5 Å². The predicted octanol–water partition coefficient (Wildman–Crippen LogP) is 3.08. The molecule has 7 heteroatoms. The van der Waals surface area contributed by atoms with Gasteiger partial charge in [0.25, 0.3) is 0 Å². The number of sulfonamides is 1. The number of hydrogen-bond donors (Lipinski definition) is 1. The molecule has 2 heterocycles. The molecule has 1 aromatic carbocycles. The van der Waals surface area contributed by atoms with E-state index in [1.807, 2.05) is 30.3 Å². The molecule has 0 saturated carbocycles. The molecule has 30 heavy (non-hydrogen) atoms. The fraction of sp³-hybridized carbons (Fsp3) is 0.609. The Morgan fingerprint density at radius 2 is 1.83 bits per heavy atom. The lowest BCUT2D eigenvalue weighted by Crippen LogP contribution is -2.43. The summed E-state index contributed by atoms with van der Waals surface area (Å²) in [5.74, 6) is -0.0259. The zero-order valence-corrected chi connectivity index (χ0v) is 18.8. The van der Waals surface area contributed by atoms with Gasteiger partial charge in [-0.2, -0.15) is 4.31 Å². The number of nitrogens with zero attached hydrogens (tertiary/aromatic N) is 2. The molecule has 0 spiro atoms. The van der Waals surface area contributed by atoms with Crippen LogP contribution in [0.5, 0.6) is 0 Å². The van der Waals surface area contributed by atoms with Gasteiger partial charge >= 0.3 is 0 Å². The highest BCUT2D eigenvalue weighted by Gasteiger charge is 2.29. The fourth-order valence-electron chi connectivity index (χ4n) is 4.32. The fourth-order valence-corrected chi connectivity index (χ4v) is 5.54. The number of hydrogen-bond acceptors (Lipinski definition) is 4. The van der Waals surface area contributed by atoms with Crippen LogP contribution in [-0.2, 0) is 14.8 Å². The van der Waals surface area contributed by atoms with Crippen molar-refractivity contribution in [2.75, 3.05) is 32.7 Å². The van der Waals surface area contributed by atoms with Crippen molar-refractivity contribution < 1.29 is 13.2 Å². The largest absolute Gasteiger partial charge is 0.356 e. The third-order valence-electron chi connectivity index (χ3n) is 6.28. The Balaban J connectivity index is 1.38. The van der Waals surface area contributed by atoms with Crippen LogP contribution in [0.25, 0.3) is 6.08 Å². The zero-order chi connectivity index (χ0) is 21.4. The monoisotopic (exact) mass is 433 g/mol. The van der Waals surface area contributed by atoms with Crippen LogP contribution in [0, 0.1) is 5.92 Å². The molecule has 2 aliphatic rings. The summed E-state index contributed by atoms with van der Waals surface area (Å²) < 4.78 is 26.6. The zero-order valence-electron chi connectivity index (χ0n) is 18.0. The summed E-state index contributed by atoms with van der Waals surface area (Å²) in [5.41, 5.74) is 0.856. The Labute approximate surface area is 181 Å². The van der Waals surface area contributed by atoms with Gasteiger partial charge in [-0.15, -0.1) is 0 Å². The van der Waals surface area contributed by atoms with Gasteiger partial charge in [0.1, 0.15) is 0 Å². The van der Waals surface area contributed by atoms with Crippen molar-refractivity contribution in [1.82, 2.24) is 14.5 Å². The third kappa shape index (κ3) is 6.65. The van der Waals surface area contributed by atoms with Crippen molar-refractivity contribution in [3.05, 3.63) is 41.3 Å². The summed E-state index contributed by atoms with van der Waals surface area (Å²) in [4.78, 5) is 15.0. The van der Waals surface area contributed by atoms with Gasteiger partial charge in [0, 0.05) is 43.5 Å². The maximum atomic E-state index is 12.6. The Kier molecular flexibility index (Phi) is 8.48. The van der Waals surface area contributed by atoms with Crippen molar-refractivity contribution >= 4 is 22.0 Å². The summed E-state index contributed by atoms with van der Waals surface area (Å²) >= 11 is 0. The molecule has 2 saturated heterocycles. The molecule has 0 radical (unpaired) electrons. The standard InChI is InChI=1S/C23H35N3O3S/c1-20-8-5-6-15-25(20)16-7-14-24-23(27)22-11-17-26(18-12-22)30(28,29)19-13-21-9-3-2-4-10-21/h2-4,9-10,13,19-20,22H,5-8,11-12,14-18H2,1H3,(H,24,27)/b19-13+/t20-/m0/s1. The average Bonchev–Trinajstić information content (AvgIpc) is 2.77. The summed E-state index contributed by atoms with van der Waals surface area (Å²) in [6.45, 7) is 5.97. The highest BCUT2D eigenvalue weighted by atomic mass is 32.2. The van der Waals surface area contributed by atoms with E-state index in [4.69, 9.17) is 0 Å². The molecule has 1 amide bonds. The maximum absolute atomic E-state index is 12.6. The molecular formula is C23H35N3O3S. The van der Waals surface area contributed by atoms with Gasteiger partial charge in [-0.25, -0.2) is 8.42 Å². The first-order chi connectivity index (χ1) is 14.5. The molecule has 1 aromatic rings. The molecule has 3 rings (SSSR count). The number of rotatable bonds is 8. The molecule has 0 aromatic heterocycles. The number of benzene rings is 1. The summed E-state index contributed by atoms with van der Waals surface area (Å²) in [7, 11) is -3.45. The number of carbonyl (C=O) groups is 1. The van der Waals surface area contributed by atoms with Crippen molar-refractivity contribution in [3.8, 4) is 0 Å². The van der Waals surface area contributed by atoms with E-state index in [-0.39, 0.29) is 11.8 Å². The molecule has 2 aliphatic heterocycles. The first-order valence-electron chi connectivity index (χ1n) is 11.2. The highest BCUT2D eigenvalue weighted by molar-refractivity contribution is 7.92. The second-order valence-electron chi connectivity index (χ2n) is 8.46. The molecule has 6 nitrogen and oxygen atoms in total. The normalized spacial score (nSPS) is 22.4. The lowest BCUT2D eigenvalue weighted by Gasteiger charge is -2.33. The molecule has 0 aliphatic carbocycles. The molecular weight excluding hydrogens is 398 g/mol. The Morgan fingerprint density at radius 3 is 2.53 bits per heavy atom. The second kappa shape index (κ2) is 11.1. The van der Waals surface area contributed by atoms with Crippen LogP contribution in [0.1, 0.15) is 51.0 Å². The first-order valence-corrected chi connectivity index (χ1v) is 12.7. The predicted molar refractivity (Wildman–Crippen MR) is 121 cm³/mol. The van der Waals surface area contributed by atoms with Crippen molar-refractivity contribution in [1.29, 1.82) is 0 Å². The maximum Gasteiger partial charge on any atom is 0.236 e. The van der Waals surface area contributed by atoms with E-state index in [0.717, 1.165) is 18.5 Å². The summed E-state index contributed by atoms with van der Waals surface area (Å²) in [5, 5.41) is 4.33. The number of nitrogens with one attached hydrogen (secondary N) is 1. The topological polar surface area (TPSA) is 69.7 Å². The van der Waals surface area contributed by atoms with Crippen molar-refractivity contribution in [2.45, 2.75) is 51.5 Å². The van der Waals surface area contributed by atoms with Crippen LogP contribution >= 0.6 is 0 Å². The Hall–Kier alpha value is -1.70. The van der Waals surface area contributed by atoms with E-state index in [1.54, 1.807) is 6.08 Å². The molecule has 166 valence electrons. The van der Waals surface area contributed by atoms with E-state index in [9.17, 15) is 13.2 Å². The number of likely N-dealkylation sites (tertiary alicyclic amines) is 1. The van der Waals surface area contributed by atoms with Crippen LogP contribution in [0.2, 0.25) is 0 Å². The number of carbonyl (C=O) groups excluding carboxylic acids is 1. The minimum absolute atomic E-state index is 0.0681. The molecule has 0 unspecified atom stereocenters. The highest BCUT2D eigenvalue weighted by Crippen LogP contribution is 2.21. The molecule has 2 fully saturated rings. The third-order valence-corrected chi connectivity index (χ3v) is 7.84. The van der Waals surface area contributed by atoms with E-state index in [2.05, 4.69) is 17.1 Å². The van der Waals surface area contributed by atoms with E-state index < -0.39 is 10.0 Å². The van der Waals surface area contributed by atoms with E-state index >= 15 is 0 Å². The van der Waals surface area contributed by atoms with Gasteiger partial charge in [-0.3, -0.25) is 4.79 Å². The van der Waals surface area contributed by atoms with Gasteiger partial charge in [-0.1, -0.05) is 36.8 Å². The smallest absolute Gasteiger partial charge is 0.236 e. The van der Waals surface area contributed by atoms with Crippen molar-refractivity contribution in [2.24, 2.45) is 5.92 Å². The first kappa shape index (κ1) is 23.0. The Bertz CT molecular complexity index is 802. The van der Waals surface area contributed by atoms with Crippen LogP contribution in [0.15, 0.2) is 35.7 Å². The number of piperidine rings is 2. The SMILES string of the molecule is C[C@H]1CCCCN1CCCNC(=O)C1CCN(S(=O)(=O)/C=C/c2ccccc2)CC1. The van der Waals surface area contributed by atoms with Crippen LogP contribution < -0.4 is 5.32 Å². The van der Waals surface area contributed by atoms with Gasteiger partial charge in [-0.05, 0) is 57.2 Å². The molecule has 0 bridgehead atoms. The quantitative estimate of drug-likeness (QED) is 0.640. The van der Waals surface area contributed by atoms with E-state index in [1.165, 1.54) is 35.5 Å². The van der Waals surface area contributed by atoms with Gasteiger partial charge in [0.05, 0.1) is 0 Å². The van der Waals surface area contributed by atoms with Gasteiger partial charge < -0.3 is 10.2 Å². The van der Waals surface area contributed by atoms with Crippen molar-refractivity contribution in [3.63, 3.8) is 0 Å². The minimum Gasteiger partial charge on any atom is -0.356 e. The van der Waals surface area contributed by atoms with Crippen LogP contribution in [0.4, 0.5) is 0 Å². The minimum atomic E-state index is -3.45. The van der Waals surface area contributed by atoms with Gasteiger partial charge in [0.2, 0.25) is 15.9 Å². The summed E-state index contributed by atoms with van der Waals surface area (Å²) in [6.07, 6.45) is 7.61. The summed E-state index contributed by atoms with van der Waals surface area (Å²) in [6, 6.07) is 10.0. The second-order valence-corrected chi connectivity index (χ2v) is 10.3. The Morgan fingerprint density at radius 1 is 1.10 bits per heavy atom. The lowest BCUT2D eigenvalue weighted by molar-refractivity contribution is -0.126. The van der Waals surface area contributed by atoms with Gasteiger partial charge in [0.15, 0.2) is 0 Å². The number of amides is 1. The van der Waals surface area contributed by atoms with Crippen LogP contribution in [-0.4, -0.2) is 62.3 Å². The van der Waals surface area contributed by atoms with Crippen LogP contribution in [0.3, 0.4) is 0 Å².